The zero-order valence-corrected chi connectivity index (χ0v) is 11.4. The molecule has 0 radical (unpaired) electrons. The number of benzene rings is 1. The average Bonchev–Trinajstić information content (AvgIpc) is 2.24. The summed E-state index contributed by atoms with van der Waals surface area (Å²) in [5.74, 6) is -2.15. The molecule has 1 aromatic carbocycles. The van der Waals surface area contributed by atoms with Gasteiger partial charge in [0.25, 0.3) is 0 Å². The highest BCUT2D eigenvalue weighted by Gasteiger charge is 2.32. The second kappa shape index (κ2) is 5.72. The van der Waals surface area contributed by atoms with E-state index in [-0.39, 0.29) is 12.1 Å². The maximum absolute atomic E-state index is 12.6. The number of carbonyl (C=O) groups excluding carboxylic acids is 1. The van der Waals surface area contributed by atoms with E-state index >= 15 is 0 Å². The van der Waals surface area contributed by atoms with E-state index in [1.54, 1.807) is 13.8 Å². The van der Waals surface area contributed by atoms with Crippen LogP contribution < -0.4 is 11.1 Å². The van der Waals surface area contributed by atoms with E-state index in [9.17, 15) is 22.8 Å². The van der Waals surface area contributed by atoms with Gasteiger partial charge in [0.15, 0.2) is 0 Å². The number of carboxylic acid groups (broad SMARTS) is 1. The number of aromatic carboxylic acids is 1. The van der Waals surface area contributed by atoms with Gasteiger partial charge in [-0.3, -0.25) is 4.79 Å². The molecule has 116 valence electrons. The zero-order chi connectivity index (χ0) is 16.4. The van der Waals surface area contributed by atoms with Crippen molar-refractivity contribution in [3.05, 3.63) is 29.3 Å². The van der Waals surface area contributed by atoms with Gasteiger partial charge in [-0.2, -0.15) is 13.2 Å². The van der Waals surface area contributed by atoms with Gasteiger partial charge in [0.05, 0.1) is 16.8 Å². The van der Waals surface area contributed by atoms with Crippen molar-refractivity contribution < 1.29 is 27.9 Å². The van der Waals surface area contributed by atoms with Gasteiger partial charge in [-0.15, -0.1) is 0 Å². The lowest BCUT2D eigenvalue weighted by molar-refractivity contribution is -0.137. The fraction of sp³-hybridized carbons (Fsp3) is 0.385. The Morgan fingerprint density at radius 3 is 2.29 bits per heavy atom. The summed E-state index contributed by atoms with van der Waals surface area (Å²) in [5, 5.41) is 11.2. The van der Waals surface area contributed by atoms with Crippen molar-refractivity contribution >= 4 is 17.6 Å². The lowest BCUT2D eigenvalue weighted by atomic mass is 10.0. The predicted octanol–water partition coefficient (Wildman–Crippen LogP) is 2.47. The first kappa shape index (κ1) is 17.0. The van der Waals surface area contributed by atoms with Crippen LogP contribution in [0.15, 0.2) is 18.2 Å². The van der Waals surface area contributed by atoms with Crippen molar-refractivity contribution in [1.82, 2.24) is 0 Å². The number of amides is 1. The maximum Gasteiger partial charge on any atom is 0.416 e. The molecule has 0 spiro atoms. The van der Waals surface area contributed by atoms with Gasteiger partial charge in [0.2, 0.25) is 5.91 Å². The van der Waals surface area contributed by atoms with Gasteiger partial charge in [0.1, 0.15) is 0 Å². The number of anilines is 1. The van der Waals surface area contributed by atoms with Crippen LogP contribution in [0.1, 0.15) is 36.2 Å². The van der Waals surface area contributed by atoms with Gasteiger partial charge in [-0.1, -0.05) is 0 Å². The lowest BCUT2D eigenvalue weighted by Gasteiger charge is -2.18. The number of carbonyl (C=O) groups is 2. The minimum atomic E-state index is -4.66. The molecule has 1 aromatic rings. The summed E-state index contributed by atoms with van der Waals surface area (Å²) in [6, 6.07) is 2.09. The van der Waals surface area contributed by atoms with Gasteiger partial charge in [-0.25, -0.2) is 4.79 Å². The molecule has 0 saturated carbocycles. The van der Waals surface area contributed by atoms with Crippen molar-refractivity contribution in [3.63, 3.8) is 0 Å². The molecule has 0 aliphatic rings. The molecule has 8 heteroatoms. The highest BCUT2D eigenvalue weighted by molar-refractivity contribution is 6.00. The first-order chi connectivity index (χ1) is 9.40. The molecular weight excluding hydrogens is 289 g/mol. The molecule has 0 bridgehead atoms. The van der Waals surface area contributed by atoms with Crippen LogP contribution in [0.25, 0.3) is 0 Å². The van der Waals surface area contributed by atoms with Crippen molar-refractivity contribution in [3.8, 4) is 0 Å². The third kappa shape index (κ3) is 5.07. The van der Waals surface area contributed by atoms with Crippen LogP contribution in [0, 0.1) is 0 Å². The number of carboxylic acids is 1. The monoisotopic (exact) mass is 304 g/mol. The molecule has 1 amide bonds. The molecule has 0 aliphatic carbocycles. The molecule has 0 fully saturated rings. The summed E-state index contributed by atoms with van der Waals surface area (Å²) in [6.07, 6.45) is -4.76. The van der Waals surface area contributed by atoms with Crippen molar-refractivity contribution in [1.29, 1.82) is 0 Å². The Morgan fingerprint density at radius 1 is 1.29 bits per heavy atom. The number of rotatable bonds is 4. The molecule has 0 heterocycles. The van der Waals surface area contributed by atoms with Gasteiger partial charge in [-0.05, 0) is 32.0 Å². The number of hydrogen-bond donors (Lipinski definition) is 3. The molecule has 0 aliphatic heterocycles. The van der Waals surface area contributed by atoms with Gasteiger partial charge >= 0.3 is 12.1 Å². The van der Waals surface area contributed by atoms with Crippen molar-refractivity contribution in [2.24, 2.45) is 5.73 Å². The highest BCUT2D eigenvalue weighted by Crippen LogP contribution is 2.32. The molecule has 4 N–H and O–H groups in total. The third-order valence-electron chi connectivity index (χ3n) is 2.47. The Labute approximate surface area is 118 Å². The molecule has 5 nitrogen and oxygen atoms in total. The van der Waals surface area contributed by atoms with E-state index < -0.39 is 34.7 Å². The van der Waals surface area contributed by atoms with Crippen LogP contribution in [0.5, 0.6) is 0 Å². The molecule has 0 atom stereocenters. The number of alkyl halides is 3. The topological polar surface area (TPSA) is 92.4 Å². The number of nitrogens with one attached hydrogen (secondary N) is 1. The van der Waals surface area contributed by atoms with Crippen LogP contribution in [-0.4, -0.2) is 22.5 Å². The summed E-state index contributed by atoms with van der Waals surface area (Å²) in [5.41, 5.74) is 2.89. The predicted molar refractivity (Wildman–Crippen MR) is 69.9 cm³/mol. The summed E-state index contributed by atoms with van der Waals surface area (Å²) >= 11 is 0. The third-order valence-corrected chi connectivity index (χ3v) is 2.47. The normalized spacial score (nSPS) is 12.1. The van der Waals surface area contributed by atoms with E-state index in [1.807, 2.05) is 0 Å². The molecular formula is C13H15F3N2O3. The van der Waals surface area contributed by atoms with Crippen LogP contribution in [0.2, 0.25) is 0 Å². The van der Waals surface area contributed by atoms with Gasteiger partial charge < -0.3 is 16.2 Å². The van der Waals surface area contributed by atoms with E-state index in [4.69, 9.17) is 10.8 Å². The summed E-state index contributed by atoms with van der Waals surface area (Å²) in [4.78, 5) is 22.7. The first-order valence-corrected chi connectivity index (χ1v) is 5.93. The summed E-state index contributed by atoms with van der Waals surface area (Å²) in [7, 11) is 0. The second-order valence-electron chi connectivity index (χ2n) is 5.28. The fourth-order valence-corrected chi connectivity index (χ4v) is 1.61. The standard InChI is InChI=1S/C13H15F3N2O3/c1-12(2,17)6-10(19)18-9-4-3-7(13(14,15)16)5-8(9)11(20)21/h3-5H,6,17H2,1-2H3,(H,18,19)(H,20,21). The number of nitrogens with two attached hydrogens (primary N) is 1. The van der Waals surface area contributed by atoms with E-state index in [0.717, 1.165) is 6.07 Å². The Morgan fingerprint density at radius 2 is 1.86 bits per heavy atom. The van der Waals surface area contributed by atoms with Crippen LogP contribution in [-0.2, 0) is 11.0 Å². The average molecular weight is 304 g/mol. The quantitative estimate of drug-likeness (QED) is 0.796. The Kier molecular flexibility index (Phi) is 4.62. The zero-order valence-electron chi connectivity index (χ0n) is 11.4. The lowest BCUT2D eigenvalue weighted by Crippen LogP contribution is -2.36. The largest absolute Gasteiger partial charge is 0.478 e. The smallest absolute Gasteiger partial charge is 0.416 e. The van der Waals surface area contributed by atoms with Crippen molar-refractivity contribution in [2.75, 3.05) is 5.32 Å². The van der Waals surface area contributed by atoms with Crippen LogP contribution >= 0.6 is 0 Å². The summed E-state index contributed by atoms with van der Waals surface area (Å²) < 4.78 is 37.7. The molecule has 0 saturated heterocycles. The second-order valence-corrected chi connectivity index (χ2v) is 5.28. The van der Waals surface area contributed by atoms with Gasteiger partial charge in [0, 0.05) is 12.0 Å². The van der Waals surface area contributed by atoms with E-state index in [0.29, 0.717) is 12.1 Å². The molecule has 1 rings (SSSR count). The molecule has 21 heavy (non-hydrogen) atoms. The Hall–Kier alpha value is -2.09. The maximum atomic E-state index is 12.6. The molecule has 0 unspecified atom stereocenters. The van der Waals surface area contributed by atoms with Crippen LogP contribution in [0.3, 0.4) is 0 Å². The SMILES string of the molecule is CC(C)(N)CC(=O)Nc1ccc(C(F)(F)F)cc1C(=O)O. The van der Waals surface area contributed by atoms with E-state index in [2.05, 4.69) is 5.32 Å². The number of halogens is 3. The minimum absolute atomic E-state index is 0.104. The van der Waals surface area contributed by atoms with E-state index in [1.165, 1.54) is 0 Å². The summed E-state index contributed by atoms with van der Waals surface area (Å²) in [6.45, 7) is 3.19. The highest BCUT2D eigenvalue weighted by atomic mass is 19.4. The Balaban J connectivity index is 3.08. The van der Waals surface area contributed by atoms with Crippen molar-refractivity contribution in [2.45, 2.75) is 32.0 Å². The fourth-order valence-electron chi connectivity index (χ4n) is 1.61. The van der Waals surface area contributed by atoms with Crippen LogP contribution in [0.4, 0.5) is 18.9 Å². The minimum Gasteiger partial charge on any atom is -0.478 e. The number of hydrogen-bond acceptors (Lipinski definition) is 3. The Bertz CT molecular complexity index is 563. The molecule has 0 aromatic heterocycles. The first-order valence-electron chi connectivity index (χ1n) is 5.93.